The summed E-state index contributed by atoms with van der Waals surface area (Å²) in [6.07, 6.45) is -4.75. The second-order valence-electron chi connectivity index (χ2n) is 2.53. The molecule has 60 valence electrons. The van der Waals surface area contributed by atoms with Gasteiger partial charge in [0.1, 0.15) is 0 Å². The molecule has 0 unspecified atom stereocenters. The van der Waals surface area contributed by atoms with E-state index in [-0.39, 0.29) is 16.8 Å². The molecule has 1 nitrogen and oxygen atoms in total. The Morgan fingerprint density at radius 1 is 1.40 bits per heavy atom. The summed E-state index contributed by atoms with van der Waals surface area (Å²) >= 11 is 1.90. The van der Waals surface area contributed by atoms with Crippen LogP contribution in [-0.2, 0) is 0 Å². The van der Waals surface area contributed by atoms with E-state index in [0.29, 0.717) is 0 Å². The maximum atomic E-state index is 11.8. The van der Waals surface area contributed by atoms with Gasteiger partial charge in [0.2, 0.25) is 0 Å². The standard InChI is InChI=1S/C5H6F3IO/c6-5(7,8)4(10)1-3(9)2-4/h3,10H,1-2H2. The lowest BCUT2D eigenvalue weighted by atomic mass is 9.80. The molecule has 0 aromatic rings. The second kappa shape index (κ2) is 2.23. The summed E-state index contributed by atoms with van der Waals surface area (Å²) in [4.78, 5) is 0. The van der Waals surface area contributed by atoms with Gasteiger partial charge in [-0.25, -0.2) is 0 Å². The summed E-state index contributed by atoms with van der Waals surface area (Å²) in [5.74, 6) is 0. The van der Waals surface area contributed by atoms with Crippen molar-refractivity contribution >= 4 is 22.6 Å². The highest BCUT2D eigenvalue weighted by Crippen LogP contribution is 2.47. The normalized spacial score (nSPS) is 41.1. The molecule has 0 amide bonds. The van der Waals surface area contributed by atoms with Crippen molar-refractivity contribution in [3.63, 3.8) is 0 Å². The zero-order valence-corrected chi connectivity index (χ0v) is 7.11. The second-order valence-corrected chi connectivity index (χ2v) is 4.30. The molecule has 10 heavy (non-hydrogen) atoms. The molecule has 0 atom stereocenters. The molecule has 0 spiro atoms. The van der Waals surface area contributed by atoms with E-state index in [2.05, 4.69) is 0 Å². The largest absolute Gasteiger partial charge is 0.417 e. The van der Waals surface area contributed by atoms with Gasteiger partial charge in [-0.3, -0.25) is 0 Å². The van der Waals surface area contributed by atoms with Crippen molar-refractivity contribution in [2.24, 2.45) is 0 Å². The van der Waals surface area contributed by atoms with Crippen molar-refractivity contribution in [2.75, 3.05) is 0 Å². The highest BCUT2D eigenvalue weighted by Gasteiger charge is 2.60. The molecule has 0 aliphatic heterocycles. The smallest absolute Gasteiger partial charge is 0.380 e. The average molecular weight is 266 g/mol. The van der Waals surface area contributed by atoms with Crippen molar-refractivity contribution in [3.05, 3.63) is 0 Å². The van der Waals surface area contributed by atoms with E-state index in [1.165, 1.54) is 0 Å². The first-order valence-electron chi connectivity index (χ1n) is 2.78. The van der Waals surface area contributed by atoms with Crippen LogP contribution in [0.15, 0.2) is 0 Å². The van der Waals surface area contributed by atoms with Gasteiger partial charge < -0.3 is 5.11 Å². The minimum atomic E-state index is -4.44. The zero-order chi connectivity index (χ0) is 7.99. The Morgan fingerprint density at radius 3 is 1.90 bits per heavy atom. The van der Waals surface area contributed by atoms with Gasteiger partial charge >= 0.3 is 6.18 Å². The van der Waals surface area contributed by atoms with Crippen LogP contribution in [0.3, 0.4) is 0 Å². The minimum absolute atomic E-state index is 0.0239. The van der Waals surface area contributed by atoms with E-state index < -0.39 is 11.8 Å². The van der Waals surface area contributed by atoms with Crippen LogP contribution >= 0.6 is 22.6 Å². The van der Waals surface area contributed by atoms with E-state index in [9.17, 15) is 13.2 Å². The number of aliphatic hydroxyl groups is 1. The minimum Gasteiger partial charge on any atom is -0.380 e. The van der Waals surface area contributed by atoms with E-state index in [4.69, 9.17) is 5.11 Å². The predicted molar refractivity (Wildman–Crippen MR) is 38.0 cm³/mol. The van der Waals surface area contributed by atoms with Gasteiger partial charge in [-0.15, -0.1) is 0 Å². The van der Waals surface area contributed by atoms with E-state index >= 15 is 0 Å². The molecule has 1 rings (SSSR count). The van der Waals surface area contributed by atoms with Crippen LogP contribution in [0.5, 0.6) is 0 Å². The molecule has 1 aliphatic rings. The summed E-state index contributed by atoms with van der Waals surface area (Å²) in [5, 5.41) is 8.79. The van der Waals surface area contributed by atoms with Gasteiger partial charge in [0, 0.05) is 3.92 Å². The summed E-state index contributed by atoms with van der Waals surface area (Å²) in [5.41, 5.74) is -2.38. The lowest BCUT2D eigenvalue weighted by Crippen LogP contribution is -2.55. The van der Waals surface area contributed by atoms with E-state index in [1.807, 2.05) is 22.6 Å². The van der Waals surface area contributed by atoms with Gasteiger partial charge in [-0.2, -0.15) is 13.2 Å². The van der Waals surface area contributed by atoms with Gasteiger partial charge in [-0.1, -0.05) is 22.6 Å². The summed E-state index contributed by atoms with van der Waals surface area (Å²) in [7, 11) is 0. The third kappa shape index (κ3) is 1.25. The van der Waals surface area contributed by atoms with Crippen molar-refractivity contribution in [1.29, 1.82) is 0 Å². The number of halogens is 4. The maximum absolute atomic E-state index is 11.8. The fraction of sp³-hybridized carbons (Fsp3) is 1.00. The first kappa shape index (κ1) is 8.58. The molecule has 0 saturated heterocycles. The molecule has 0 aromatic heterocycles. The van der Waals surface area contributed by atoms with Gasteiger partial charge in [0.15, 0.2) is 5.60 Å². The number of rotatable bonds is 0. The van der Waals surface area contributed by atoms with Gasteiger partial charge in [-0.05, 0) is 12.8 Å². The highest BCUT2D eigenvalue weighted by atomic mass is 127. The number of alkyl halides is 4. The first-order valence-corrected chi connectivity index (χ1v) is 4.03. The molecule has 1 N–H and O–H groups in total. The quantitative estimate of drug-likeness (QED) is 0.524. The monoisotopic (exact) mass is 266 g/mol. The lowest BCUT2D eigenvalue weighted by Gasteiger charge is -2.41. The highest BCUT2D eigenvalue weighted by molar-refractivity contribution is 14.1. The average Bonchev–Trinajstić information content (AvgIpc) is 1.58. The maximum Gasteiger partial charge on any atom is 0.417 e. The fourth-order valence-corrected chi connectivity index (χ4v) is 2.36. The summed E-state index contributed by atoms with van der Waals surface area (Å²) < 4.78 is 35.4. The fourth-order valence-electron chi connectivity index (χ4n) is 0.904. The third-order valence-corrected chi connectivity index (χ3v) is 2.53. The van der Waals surface area contributed by atoms with Crippen LogP contribution in [-0.4, -0.2) is 20.8 Å². The molecule has 1 aliphatic carbocycles. The lowest BCUT2D eigenvalue weighted by molar-refractivity contribution is -0.283. The molecule has 0 aromatic carbocycles. The molecule has 0 heterocycles. The van der Waals surface area contributed by atoms with Crippen LogP contribution in [0.2, 0.25) is 0 Å². The van der Waals surface area contributed by atoms with Crippen molar-refractivity contribution < 1.29 is 18.3 Å². The van der Waals surface area contributed by atoms with Crippen molar-refractivity contribution in [1.82, 2.24) is 0 Å². The first-order chi connectivity index (χ1) is 4.35. The molecule has 0 radical (unpaired) electrons. The Kier molecular flexibility index (Phi) is 1.91. The topological polar surface area (TPSA) is 20.2 Å². The Balaban J connectivity index is 2.57. The van der Waals surface area contributed by atoms with Crippen molar-refractivity contribution in [2.45, 2.75) is 28.5 Å². The van der Waals surface area contributed by atoms with Crippen LogP contribution in [0.4, 0.5) is 13.2 Å². The molecule has 5 heteroatoms. The summed E-state index contributed by atoms with van der Waals surface area (Å²) in [6, 6.07) is 0. The molecule has 0 bridgehead atoms. The molecular formula is C5H6F3IO. The molecular weight excluding hydrogens is 260 g/mol. The van der Waals surface area contributed by atoms with E-state index in [1.54, 1.807) is 0 Å². The Labute approximate surface area is 69.7 Å². The Morgan fingerprint density at radius 2 is 1.80 bits per heavy atom. The third-order valence-electron chi connectivity index (χ3n) is 1.65. The zero-order valence-electron chi connectivity index (χ0n) is 4.95. The Hall–Kier alpha value is 0.480. The Bertz CT molecular complexity index is 138. The summed E-state index contributed by atoms with van der Waals surface area (Å²) in [6.45, 7) is 0. The van der Waals surface area contributed by atoms with Gasteiger partial charge in [0.05, 0.1) is 0 Å². The van der Waals surface area contributed by atoms with Crippen LogP contribution < -0.4 is 0 Å². The SMILES string of the molecule is OC1(C(F)(F)F)CC(I)C1. The van der Waals surface area contributed by atoms with Crippen LogP contribution in [0, 0.1) is 0 Å². The number of hydrogen-bond donors (Lipinski definition) is 1. The van der Waals surface area contributed by atoms with Crippen molar-refractivity contribution in [3.8, 4) is 0 Å². The van der Waals surface area contributed by atoms with Crippen LogP contribution in [0.25, 0.3) is 0 Å². The van der Waals surface area contributed by atoms with E-state index in [0.717, 1.165) is 0 Å². The molecule has 1 fully saturated rings. The molecule has 1 saturated carbocycles. The van der Waals surface area contributed by atoms with Crippen LogP contribution in [0.1, 0.15) is 12.8 Å². The predicted octanol–water partition coefficient (Wildman–Crippen LogP) is 1.88. The van der Waals surface area contributed by atoms with Gasteiger partial charge in [0.25, 0.3) is 0 Å². The number of hydrogen-bond acceptors (Lipinski definition) is 1.